The number of rotatable bonds is 41. The minimum absolute atomic E-state index is 0.254. The van der Waals surface area contributed by atoms with Gasteiger partial charge in [-0.3, -0.25) is 4.79 Å². The molecule has 3 aliphatic heterocycles. The highest BCUT2D eigenvalue weighted by Gasteiger charge is 2.53. The highest BCUT2D eigenvalue weighted by Crippen LogP contribution is 2.33. The van der Waals surface area contributed by atoms with Gasteiger partial charge in [-0.1, -0.05) is 181 Å². The van der Waals surface area contributed by atoms with Gasteiger partial charge in [0.15, 0.2) is 18.9 Å². The molecule has 0 aliphatic carbocycles. The zero-order valence-corrected chi connectivity index (χ0v) is 43.9. The molecule has 17 atom stereocenters. The molecule has 3 rings (SSSR count). The number of hydrogen-bond donors (Lipinski definition) is 12. The van der Waals surface area contributed by atoms with Crippen LogP contribution < -0.4 is 5.32 Å². The third kappa shape index (κ3) is 23.2. The first-order chi connectivity index (χ1) is 34.8. The van der Waals surface area contributed by atoms with Crippen LogP contribution in [-0.2, 0) is 33.2 Å². The van der Waals surface area contributed by atoms with Gasteiger partial charge in [-0.15, -0.1) is 0 Å². The zero-order chi connectivity index (χ0) is 52.7. The second-order valence-electron chi connectivity index (χ2n) is 20.8. The first-order valence-corrected chi connectivity index (χ1v) is 28.3. The van der Waals surface area contributed by atoms with Crippen LogP contribution in [0.2, 0.25) is 0 Å². The largest absolute Gasteiger partial charge is 0.394 e. The van der Waals surface area contributed by atoms with Gasteiger partial charge in [0.25, 0.3) is 0 Å². The lowest BCUT2D eigenvalue weighted by atomic mass is 9.96. The SMILES string of the molecule is CCCCCCCCCCCCCCCCCCCCCCCCC(O)C(COC1OC(CO)C(OC2OC(CO)C(OC3OC(CO)C(O)C(O)C3O)C(O)C2O)C(O)C1O)NC(=O)CCCCCCC. The van der Waals surface area contributed by atoms with E-state index in [2.05, 4.69) is 19.2 Å². The summed E-state index contributed by atoms with van der Waals surface area (Å²) in [5.41, 5.74) is 0. The summed E-state index contributed by atoms with van der Waals surface area (Å²) in [5.74, 6) is -0.254. The van der Waals surface area contributed by atoms with E-state index in [-0.39, 0.29) is 18.9 Å². The molecule has 426 valence electrons. The van der Waals surface area contributed by atoms with Crippen molar-refractivity contribution >= 4 is 5.91 Å². The fourth-order valence-electron chi connectivity index (χ4n) is 9.96. The Hall–Kier alpha value is -1.21. The van der Waals surface area contributed by atoms with Gasteiger partial charge in [-0.05, 0) is 12.8 Å². The lowest BCUT2D eigenvalue weighted by Crippen LogP contribution is -2.66. The number of ether oxygens (including phenoxy) is 6. The topological polar surface area (TPSA) is 307 Å². The van der Waals surface area contributed by atoms with Crippen molar-refractivity contribution < 1.29 is 89.4 Å². The van der Waals surface area contributed by atoms with E-state index < -0.39 is 124 Å². The van der Waals surface area contributed by atoms with Crippen LogP contribution in [0.1, 0.15) is 200 Å². The molecule has 1 amide bonds. The fourth-order valence-corrected chi connectivity index (χ4v) is 9.96. The first-order valence-electron chi connectivity index (χ1n) is 28.3. The van der Waals surface area contributed by atoms with Gasteiger partial charge in [-0.25, -0.2) is 0 Å². The van der Waals surface area contributed by atoms with E-state index in [1.165, 1.54) is 116 Å². The average molecular weight is 1040 g/mol. The third-order valence-electron chi connectivity index (χ3n) is 14.7. The van der Waals surface area contributed by atoms with Gasteiger partial charge < -0.3 is 89.9 Å². The molecule has 0 saturated carbocycles. The van der Waals surface area contributed by atoms with E-state index in [1.807, 2.05) is 0 Å². The van der Waals surface area contributed by atoms with Gasteiger partial charge in [0.05, 0.1) is 38.6 Å². The molecule has 0 aromatic heterocycles. The maximum Gasteiger partial charge on any atom is 0.220 e. The van der Waals surface area contributed by atoms with Crippen molar-refractivity contribution in [1.29, 1.82) is 0 Å². The summed E-state index contributed by atoms with van der Waals surface area (Å²) >= 11 is 0. The second kappa shape index (κ2) is 38.4. The molecule has 0 aromatic rings. The van der Waals surface area contributed by atoms with Crippen LogP contribution in [0.5, 0.6) is 0 Å². The molecule has 0 aromatic carbocycles. The molecule has 0 radical (unpaired) electrons. The quantitative estimate of drug-likeness (QED) is 0.0389. The van der Waals surface area contributed by atoms with Gasteiger partial charge in [0, 0.05) is 6.42 Å². The molecule has 19 heteroatoms. The smallest absolute Gasteiger partial charge is 0.220 e. The first kappa shape index (κ1) is 65.1. The van der Waals surface area contributed by atoms with E-state index in [0.29, 0.717) is 12.8 Å². The fraction of sp³-hybridized carbons (Fsp3) is 0.981. The molecule has 17 unspecified atom stereocenters. The molecule has 12 N–H and O–H groups in total. The molecule has 0 spiro atoms. The molecular formula is C53H101NO18. The van der Waals surface area contributed by atoms with Crippen LogP contribution in [0.15, 0.2) is 0 Å². The summed E-state index contributed by atoms with van der Waals surface area (Å²) in [6, 6.07) is -0.877. The van der Waals surface area contributed by atoms with Crippen LogP contribution in [0, 0.1) is 0 Å². The molecule has 3 fully saturated rings. The summed E-state index contributed by atoms with van der Waals surface area (Å²) in [6.45, 7) is 1.69. The van der Waals surface area contributed by atoms with Crippen LogP contribution in [0.25, 0.3) is 0 Å². The summed E-state index contributed by atoms with van der Waals surface area (Å²) < 4.78 is 34.1. The Morgan fingerprint density at radius 2 is 0.792 bits per heavy atom. The van der Waals surface area contributed by atoms with Gasteiger partial charge in [0.1, 0.15) is 73.2 Å². The monoisotopic (exact) mass is 1040 g/mol. The number of aliphatic hydroxyl groups is 11. The lowest BCUT2D eigenvalue weighted by Gasteiger charge is -2.48. The highest BCUT2D eigenvalue weighted by molar-refractivity contribution is 5.76. The number of carbonyl (C=O) groups excluding carboxylic acids is 1. The number of nitrogens with one attached hydrogen (secondary N) is 1. The molecule has 19 nitrogen and oxygen atoms in total. The second-order valence-corrected chi connectivity index (χ2v) is 20.8. The summed E-state index contributed by atoms with van der Waals surface area (Å²) in [4.78, 5) is 13.1. The predicted molar refractivity (Wildman–Crippen MR) is 268 cm³/mol. The molecule has 3 saturated heterocycles. The Bertz CT molecular complexity index is 1340. The van der Waals surface area contributed by atoms with Crippen molar-refractivity contribution in [1.82, 2.24) is 5.32 Å². The number of unbranched alkanes of at least 4 members (excludes halogenated alkanes) is 25. The number of hydrogen-bond acceptors (Lipinski definition) is 18. The van der Waals surface area contributed by atoms with Crippen LogP contribution in [-0.4, -0.2) is 193 Å². The van der Waals surface area contributed by atoms with Crippen molar-refractivity contribution in [3.05, 3.63) is 0 Å². The third-order valence-corrected chi connectivity index (χ3v) is 14.7. The Morgan fingerprint density at radius 3 is 1.21 bits per heavy atom. The van der Waals surface area contributed by atoms with E-state index in [1.54, 1.807) is 0 Å². The van der Waals surface area contributed by atoms with Gasteiger partial charge >= 0.3 is 0 Å². The van der Waals surface area contributed by atoms with Crippen LogP contribution in [0.3, 0.4) is 0 Å². The Morgan fingerprint density at radius 1 is 0.444 bits per heavy atom. The zero-order valence-electron chi connectivity index (χ0n) is 43.9. The van der Waals surface area contributed by atoms with Crippen LogP contribution in [0.4, 0.5) is 0 Å². The number of aliphatic hydroxyl groups excluding tert-OH is 11. The Balaban J connectivity index is 1.42. The van der Waals surface area contributed by atoms with Gasteiger partial charge in [0.2, 0.25) is 5.91 Å². The van der Waals surface area contributed by atoms with Crippen molar-refractivity contribution in [2.24, 2.45) is 0 Å². The standard InChI is InChI=1S/C53H101NO18/c1-3-5-7-9-10-11-12-13-14-15-16-17-18-19-20-21-22-23-24-25-27-28-30-37(58)36(54-41(59)31-29-26-8-6-4-2)35-67-51-47(65)44(62)49(39(33-56)69-51)72-53-48(66)45(63)50(40(34-57)70-53)71-52-46(64)43(61)42(60)38(32-55)68-52/h36-40,42-53,55-58,60-66H,3-35H2,1-2H3,(H,54,59). The highest BCUT2D eigenvalue weighted by atomic mass is 16.8. The van der Waals surface area contributed by atoms with E-state index in [0.717, 1.165) is 51.4 Å². The molecule has 3 heterocycles. The minimum atomic E-state index is -1.97. The summed E-state index contributed by atoms with van der Waals surface area (Å²) in [7, 11) is 0. The predicted octanol–water partition coefficient (Wildman–Crippen LogP) is 3.65. The van der Waals surface area contributed by atoms with Crippen molar-refractivity contribution in [2.75, 3.05) is 26.4 Å². The molecular weight excluding hydrogens is 939 g/mol. The normalized spacial score (nSPS) is 31.9. The maximum atomic E-state index is 13.1. The van der Waals surface area contributed by atoms with E-state index in [9.17, 15) is 61.0 Å². The number of carbonyl (C=O) groups is 1. The Kier molecular flexibility index (Phi) is 34.7. The molecule has 3 aliphatic rings. The minimum Gasteiger partial charge on any atom is -0.394 e. The molecule has 0 bridgehead atoms. The van der Waals surface area contributed by atoms with E-state index >= 15 is 0 Å². The number of amides is 1. The summed E-state index contributed by atoms with van der Waals surface area (Å²) in [6.07, 6.45) is 7.00. The maximum absolute atomic E-state index is 13.1. The van der Waals surface area contributed by atoms with Crippen molar-refractivity contribution in [3.63, 3.8) is 0 Å². The average Bonchev–Trinajstić information content (AvgIpc) is 3.37. The van der Waals surface area contributed by atoms with E-state index in [4.69, 9.17) is 28.4 Å². The lowest BCUT2D eigenvalue weighted by molar-refractivity contribution is -0.379. The van der Waals surface area contributed by atoms with Crippen molar-refractivity contribution in [2.45, 2.75) is 304 Å². The molecule has 72 heavy (non-hydrogen) atoms. The summed E-state index contributed by atoms with van der Waals surface area (Å²) in [5, 5.41) is 120. The van der Waals surface area contributed by atoms with Crippen LogP contribution >= 0.6 is 0 Å². The van der Waals surface area contributed by atoms with Crippen molar-refractivity contribution in [3.8, 4) is 0 Å². The van der Waals surface area contributed by atoms with Gasteiger partial charge in [-0.2, -0.15) is 0 Å². The Labute approximate surface area is 430 Å².